The zero-order valence-electron chi connectivity index (χ0n) is 13.3. The predicted octanol–water partition coefficient (Wildman–Crippen LogP) is 1.36. The van der Waals surface area contributed by atoms with Gasteiger partial charge in [-0.25, -0.2) is 9.78 Å². The van der Waals surface area contributed by atoms with Crippen molar-refractivity contribution in [3.63, 3.8) is 0 Å². The van der Waals surface area contributed by atoms with Crippen LogP contribution in [0.2, 0.25) is 0 Å². The summed E-state index contributed by atoms with van der Waals surface area (Å²) in [7, 11) is 0. The number of nitrogens with zero attached hydrogens (tertiary/aromatic N) is 3. The molecule has 126 valence electrons. The molecule has 0 spiro atoms. The number of esters is 1. The van der Waals surface area contributed by atoms with Crippen molar-refractivity contribution in [2.45, 2.75) is 30.7 Å². The molecule has 0 saturated carbocycles. The summed E-state index contributed by atoms with van der Waals surface area (Å²) in [5.41, 5.74) is 0.439. The van der Waals surface area contributed by atoms with E-state index in [0.29, 0.717) is 30.1 Å². The summed E-state index contributed by atoms with van der Waals surface area (Å²) in [5.74, 6) is 0.696. The largest absolute Gasteiger partial charge is 0.462 e. The fraction of sp³-hybridized carbons (Fsp3) is 0.500. The average molecular weight is 346 g/mol. The van der Waals surface area contributed by atoms with E-state index in [1.807, 2.05) is 13.0 Å². The number of carbonyl (C=O) groups is 2. The Balaban J connectivity index is 1.50. The van der Waals surface area contributed by atoms with Gasteiger partial charge in [-0.2, -0.15) is 5.26 Å². The van der Waals surface area contributed by atoms with Crippen molar-refractivity contribution < 1.29 is 14.3 Å². The normalized spacial score (nSPS) is 25.2. The molecule has 0 aliphatic carbocycles. The van der Waals surface area contributed by atoms with Crippen LogP contribution in [-0.2, 0) is 14.3 Å². The summed E-state index contributed by atoms with van der Waals surface area (Å²) in [5, 5.41) is 12.0. The highest BCUT2D eigenvalue weighted by molar-refractivity contribution is 8.01. The van der Waals surface area contributed by atoms with Gasteiger partial charge in [-0.15, -0.1) is 11.8 Å². The van der Waals surface area contributed by atoms with Gasteiger partial charge in [-0.05, 0) is 25.5 Å². The van der Waals surface area contributed by atoms with Gasteiger partial charge in [0.25, 0.3) is 0 Å². The maximum Gasteiger partial charge on any atom is 0.329 e. The molecule has 2 saturated heterocycles. The Morgan fingerprint density at radius 1 is 1.67 bits per heavy atom. The molecule has 2 atom stereocenters. The number of rotatable bonds is 5. The molecule has 8 heteroatoms. The third-order valence-corrected chi connectivity index (χ3v) is 5.79. The summed E-state index contributed by atoms with van der Waals surface area (Å²) in [4.78, 5) is 29.8. The van der Waals surface area contributed by atoms with E-state index in [1.165, 1.54) is 0 Å². The average Bonchev–Trinajstić information content (AvgIpc) is 3.08. The molecule has 3 rings (SSSR count). The van der Waals surface area contributed by atoms with Gasteiger partial charge < -0.3 is 15.0 Å². The lowest BCUT2D eigenvalue weighted by molar-refractivity contribution is -0.153. The highest BCUT2D eigenvalue weighted by Crippen LogP contribution is 2.47. The van der Waals surface area contributed by atoms with E-state index in [4.69, 9.17) is 10.00 Å². The summed E-state index contributed by atoms with van der Waals surface area (Å²) < 4.78 is 5.30. The van der Waals surface area contributed by atoms with Gasteiger partial charge in [0, 0.05) is 18.4 Å². The highest BCUT2D eigenvalue weighted by Gasteiger charge is 2.53. The Hall–Kier alpha value is -2.27. The second-order valence-electron chi connectivity index (χ2n) is 5.87. The number of nitriles is 1. The standard InChI is InChI=1S/C16H18N4O3S/c1-16-5-4-13(21)20(16)12(10-24-16)15(22)23-8-7-19-14-11(9-17)3-2-6-18-14/h2-3,6,12H,4-5,7-8,10H2,1H3,(H,18,19)/t12-,16+/m0/s1. The molecular weight excluding hydrogens is 328 g/mol. The minimum atomic E-state index is -0.500. The second-order valence-corrected chi connectivity index (χ2v) is 7.37. The topological polar surface area (TPSA) is 95.3 Å². The highest BCUT2D eigenvalue weighted by atomic mass is 32.2. The van der Waals surface area contributed by atoms with Gasteiger partial charge in [0.2, 0.25) is 5.91 Å². The van der Waals surface area contributed by atoms with E-state index in [0.717, 1.165) is 6.42 Å². The monoisotopic (exact) mass is 346 g/mol. The van der Waals surface area contributed by atoms with Crippen LogP contribution in [0.1, 0.15) is 25.3 Å². The molecule has 2 aliphatic rings. The zero-order chi connectivity index (χ0) is 17.2. The van der Waals surface area contributed by atoms with Gasteiger partial charge in [0.05, 0.1) is 17.0 Å². The molecular formula is C16H18N4O3S. The third kappa shape index (κ3) is 3.04. The number of ether oxygens (including phenoxy) is 1. The first-order chi connectivity index (χ1) is 11.5. The molecule has 0 aromatic carbocycles. The smallest absolute Gasteiger partial charge is 0.329 e. The lowest BCUT2D eigenvalue weighted by Crippen LogP contribution is -2.46. The molecule has 1 aromatic heterocycles. The van der Waals surface area contributed by atoms with E-state index in [1.54, 1.807) is 35.0 Å². The molecule has 1 aromatic rings. The number of hydrogen-bond donors (Lipinski definition) is 1. The third-order valence-electron chi connectivity index (χ3n) is 4.28. The fourth-order valence-corrected chi connectivity index (χ4v) is 4.47. The lowest BCUT2D eigenvalue weighted by atomic mass is 10.2. The van der Waals surface area contributed by atoms with Crippen molar-refractivity contribution >= 4 is 29.5 Å². The van der Waals surface area contributed by atoms with Gasteiger partial charge in [-0.3, -0.25) is 4.79 Å². The Morgan fingerprint density at radius 3 is 3.29 bits per heavy atom. The first-order valence-electron chi connectivity index (χ1n) is 7.77. The molecule has 2 aliphatic heterocycles. The van der Waals surface area contributed by atoms with Crippen LogP contribution in [0, 0.1) is 11.3 Å². The van der Waals surface area contributed by atoms with E-state index < -0.39 is 6.04 Å². The van der Waals surface area contributed by atoms with Gasteiger partial charge >= 0.3 is 5.97 Å². The summed E-state index contributed by atoms with van der Waals surface area (Å²) >= 11 is 1.64. The van der Waals surface area contributed by atoms with Crippen LogP contribution >= 0.6 is 11.8 Å². The van der Waals surface area contributed by atoms with E-state index in [2.05, 4.69) is 10.3 Å². The second kappa shape index (κ2) is 6.69. The van der Waals surface area contributed by atoms with E-state index in [9.17, 15) is 9.59 Å². The van der Waals surface area contributed by atoms with E-state index in [-0.39, 0.29) is 23.4 Å². The molecule has 0 bridgehead atoms. The predicted molar refractivity (Wildman–Crippen MR) is 89.1 cm³/mol. The Morgan fingerprint density at radius 2 is 2.50 bits per heavy atom. The van der Waals surface area contributed by atoms with Gasteiger partial charge in [0.15, 0.2) is 0 Å². The van der Waals surface area contributed by atoms with Crippen LogP contribution in [0.5, 0.6) is 0 Å². The van der Waals surface area contributed by atoms with Gasteiger partial charge in [-0.1, -0.05) is 0 Å². The molecule has 1 N–H and O–H groups in total. The molecule has 3 heterocycles. The van der Waals surface area contributed by atoms with Crippen LogP contribution in [0.4, 0.5) is 5.82 Å². The number of thioether (sulfide) groups is 1. The maximum absolute atomic E-state index is 12.3. The summed E-state index contributed by atoms with van der Waals surface area (Å²) in [6, 6.07) is 4.89. The molecule has 0 unspecified atom stereocenters. The summed E-state index contributed by atoms with van der Waals surface area (Å²) in [6.45, 7) is 2.50. The zero-order valence-corrected chi connectivity index (χ0v) is 14.1. The van der Waals surface area contributed by atoms with Crippen LogP contribution < -0.4 is 5.32 Å². The number of nitrogens with one attached hydrogen (secondary N) is 1. The van der Waals surface area contributed by atoms with Crippen molar-refractivity contribution in [2.75, 3.05) is 24.2 Å². The lowest BCUT2D eigenvalue weighted by Gasteiger charge is -2.29. The number of anilines is 1. The number of aromatic nitrogens is 1. The van der Waals surface area contributed by atoms with Gasteiger partial charge in [0.1, 0.15) is 24.5 Å². The Labute approximate surface area is 144 Å². The Bertz CT molecular complexity index is 705. The molecule has 0 radical (unpaired) electrons. The maximum atomic E-state index is 12.3. The number of fused-ring (bicyclic) bond motifs is 1. The van der Waals surface area contributed by atoms with Crippen molar-refractivity contribution in [2.24, 2.45) is 0 Å². The minimum Gasteiger partial charge on any atom is -0.462 e. The quantitative estimate of drug-likeness (QED) is 0.635. The first-order valence-corrected chi connectivity index (χ1v) is 8.75. The van der Waals surface area contributed by atoms with Crippen LogP contribution in [0.15, 0.2) is 18.3 Å². The van der Waals surface area contributed by atoms with Crippen molar-refractivity contribution in [1.29, 1.82) is 5.26 Å². The number of amides is 1. The van der Waals surface area contributed by atoms with Crippen LogP contribution in [0.25, 0.3) is 0 Å². The van der Waals surface area contributed by atoms with Crippen LogP contribution in [-0.4, -0.2) is 51.6 Å². The van der Waals surface area contributed by atoms with Crippen molar-refractivity contribution in [3.05, 3.63) is 23.9 Å². The molecule has 1 amide bonds. The molecule has 2 fully saturated rings. The minimum absolute atomic E-state index is 0.0229. The number of pyridine rings is 1. The molecule has 7 nitrogen and oxygen atoms in total. The van der Waals surface area contributed by atoms with E-state index >= 15 is 0 Å². The van der Waals surface area contributed by atoms with Crippen molar-refractivity contribution in [3.8, 4) is 6.07 Å². The first kappa shape index (κ1) is 16.6. The number of carbonyl (C=O) groups excluding carboxylic acids is 2. The SMILES string of the molecule is C[C@@]12CCC(=O)N1[C@H](C(=O)OCCNc1ncccc1C#N)CS2. The Kier molecular flexibility index (Phi) is 4.62. The van der Waals surface area contributed by atoms with Crippen LogP contribution in [0.3, 0.4) is 0 Å². The van der Waals surface area contributed by atoms with Crippen molar-refractivity contribution in [1.82, 2.24) is 9.88 Å². The summed E-state index contributed by atoms with van der Waals surface area (Å²) in [6.07, 6.45) is 2.86. The fourth-order valence-electron chi connectivity index (χ4n) is 3.05. The molecule has 24 heavy (non-hydrogen) atoms. The number of hydrogen-bond acceptors (Lipinski definition) is 7.